The zero-order valence-electron chi connectivity index (χ0n) is 23.1. The van der Waals surface area contributed by atoms with Crippen molar-refractivity contribution in [1.29, 1.82) is 0 Å². The molecule has 0 rings (SSSR count). The Kier molecular flexibility index (Phi) is 16.7. The molecule has 1 unspecified atom stereocenters. The SMILES string of the molecule is CCC[CH2][Sn]([CH2]CCC)([CH2]CCC)/[C](=C/C(=O)COC)[C@@H](NC(=O)OC(C)(C)C)C(C)CC. The first-order chi connectivity index (χ1) is 15.5. The fourth-order valence-corrected chi connectivity index (χ4v) is 22.1. The number of carbonyl (C=O) groups excluding carboxylic acids is 2. The first-order valence-corrected chi connectivity index (χ1v) is 20.7. The van der Waals surface area contributed by atoms with Crippen molar-refractivity contribution in [2.24, 2.45) is 5.92 Å². The van der Waals surface area contributed by atoms with Crippen LogP contribution in [-0.2, 0) is 14.3 Å². The van der Waals surface area contributed by atoms with Crippen molar-refractivity contribution in [2.45, 2.75) is 125 Å². The van der Waals surface area contributed by atoms with Crippen molar-refractivity contribution in [2.75, 3.05) is 13.7 Å². The van der Waals surface area contributed by atoms with Gasteiger partial charge in [0, 0.05) is 0 Å². The number of ether oxygens (including phenoxy) is 2. The van der Waals surface area contributed by atoms with Crippen molar-refractivity contribution in [1.82, 2.24) is 5.32 Å². The van der Waals surface area contributed by atoms with Gasteiger partial charge in [-0.1, -0.05) is 0 Å². The average Bonchev–Trinajstić information content (AvgIpc) is 2.74. The zero-order valence-corrected chi connectivity index (χ0v) is 26.0. The molecule has 0 radical (unpaired) electrons. The molecule has 0 aliphatic heterocycles. The summed E-state index contributed by atoms with van der Waals surface area (Å²) in [6.45, 7) is 16.8. The number of amides is 1. The first-order valence-electron chi connectivity index (χ1n) is 13.2. The van der Waals surface area contributed by atoms with E-state index in [0.29, 0.717) is 0 Å². The summed E-state index contributed by atoms with van der Waals surface area (Å²) in [5.74, 6) is 0.234. The second-order valence-corrected chi connectivity index (χ2v) is 23.8. The molecule has 1 amide bonds. The molecule has 6 heteroatoms. The van der Waals surface area contributed by atoms with Crippen molar-refractivity contribution in [3.05, 3.63) is 9.67 Å². The van der Waals surface area contributed by atoms with E-state index >= 15 is 0 Å². The molecule has 5 nitrogen and oxygen atoms in total. The third kappa shape index (κ3) is 12.6. The van der Waals surface area contributed by atoms with Gasteiger partial charge >= 0.3 is 209 Å². The Balaban J connectivity index is 6.66. The summed E-state index contributed by atoms with van der Waals surface area (Å²) in [5.41, 5.74) is -0.563. The summed E-state index contributed by atoms with van der Waals surface area (Å²) < 4.78 is 15.8. The number of alkyl carbamates (subject to hydrolysis) is 1. The monoisotopic (exact) mass is 575 g/mol. The fourth-order valence-electron chi connectivity index (χ4n) is 4.48. The molecular weight excluding hydrogens is 521 g/mol. The Hall–Kier alpha value is -0.561. The van der Waals surface area contributed by atoms with Crippen molar-refractivity contribution in [3.8, 4) is 0 Å². The van der Waals surface area contributed by atoms with Crippen LogP contribution in [0.5, 0.6) is 0 Å². The molecular formula is C27H53NO4Sn. The summed E-state index contributed by atoms with van der Waals surface area (Å²) in [4.78, 5) is 25.9. The number of hydrogen-bond donors (Lipinski definition) is 1. The van der Waals surface area contributed by atoms with Gasteiger partial charge in [0.05, 0.1) is 0 Å². The van der Waals surface area contributed by atoms with Gasteiger partial charge in [-0.05, 0) is 0 Å². The van der Waals surface area contributed by atoms with E-state index in [9.17, 15) is 9.59 Å². The van der Waals surface area contributed by atoms with Crippen LogP contribution < -0.4 is 5.32 Å². The Morgan fingerprint density at radius 1 is 0.939 bits per heavy atom. The second kappa shape index (κ2) is 17.0. The van der Waals surface area contributed by atoms with Crippen LogP contribution in [0.4, 0.5) is 4.79 Å². The van der Waals surface area contributed by atoms with E-state index in [1.165, 1.54) is 36.2 Å². The van der Waals surface area contributed by atoms with Gasteiger partial charge in [-0.15, -0.1) is 0 Å². The van der Waals surface area contributed by atoms with Crippen LogP contribution in [0.15, 0.2) is 9.67 Å². The average molecular weight is 574 g/mol. The Bertz CT molecular complexity index is 576. The van der Waals surface area contributed by atoms with E-state index in [2.05, 4.69) is 39.9 Å². The molecule has 0 heterocycles. The van der Waals surface area contributed by atoms with Crippen molar-refractivity contribution < 1.29 is 19.1 Å². The van der Waals surface area contributed by atoms with E-state index in [1.807, 2.05) is 26.8 Å². The number of hydrogen-bond acceptors (Lipinski definition) is 4. The van der Waals surface area contributed by atoms with Gasteiger partial charge in [0.15, 0.2) is 0 Å². The van der Waals surface area contributed by atoms with Crippen molar-refractivity contribution in [3.63, 3.8) is 0 Å². The van der Waals surface area contributed by atoms with Gasteiger partial charge in [-0.25, -0.2) is 0 Å². The molecule has 0 aromatic carbocycles. The van der Waals surface area contributed by atoms with Crippen LogP contribution >= 0.6 is 0 Å². The zero-order chi connectivity index (χ0) is 25.5. The summed E-state index contributed by atoms with van der Waals surface area (Å²) in [5, 5.41) is 3.24. The molecule has 33 heavy (non-hydrogen) atoms. The van der Waals surface area contributed by atoms with Crippen LogP contribution in [0.1, 0.15) is 100 Å². The predicted molar refractivity (Wildman–Crippen MR) is 142 cm³/mol. The van der Waals surface area contributed by atoms with Gasteiger partial charge in [-0.2, -0.15) is 0 Å². The normalized spacial score (nSPS) is 14.6. The molecule has 0 bridgehead atoms. The number of methoxy groups -OCH3 is 1. The summed E-state index contributed by atoms with van der Waals surface area (Å²) in [6, 6.07) is -0.160. The van der Waals surface area contributed by atoms with Gasteiger partial charge in [-0.3, -0.25) is 0 Å². The molecule has 0 aromatic rings. The van der Waals surface area contributed by atoms with Crippen molar-refractivity contribution >= 4 is 30.3 Å². The molecule has 2 atom stereocenters. The minimum absolute atomic E-state index is 0.0114. The molecule has 0 aliphatic carbocycles. The first kappa shape index (κ1) is 32.4. The van der Waals surface area contributed by atoms with Crippen LogP contribution in [0.25, 0.3) is 0 Å². The van der Waals surface area contributed by atoms with Gasteiger partial charge in [0.1, 0.15) is 0 Å². The van der Waals surface area contributed by atoms with Crippen LogP contribution in [0.2, 0.25) is 13.3 Å². The summed E-state index contributed by atoms with van der Waals surface area (Å²) in [6.07, 6.45) is 9.48. The molecule has 194 valence electrons. The molecule has 0 spiro atoms. The Morgan fingerprint density at radius 3 is 1.79 bits per heavy atom. The third-order valence-electron chi connectivity index (χ3n) is 6.46. The van der Waals surface area contributed by atoms with E-state index in [0.717, 1.165) is 25.7 Å². The molecule has 0 aliphatic rings. The topological polar surface area (TPSA) is 64.6 Å². The molecule has 0 saturated carbocycles. The van der Waals surface area contributed by atoms with Gasteiger partial charge in [0.2, 0.25) is 0 Å². The number of nitrogens with one attached hydrogen (secondary N) is 1. The number of carbonyl (C=O) groups is 2. The Labute approximate surface area is 208 Å². The van der Waals surface area contributed by atoms with Crippen LogP contribution in [0.3, 0.4) is 0 Å². The fraction of sp³-hybridized carbons (Fsp3) is 0.852. The van der Waals surface area contributed by atoms with Gasteiger partial charge < -0.3 is 0 Å². The minimum atomic E-state index is -3.01. The maximum atomic E-state index is 12.9. The predicted octanol–water partition coefficient (Wildman–Crippen LogP) is 7.46. The van der Waals surface area contributed by atoms with Crippen LogP contribution in [-0.4, -0.2) is 55.6 Å². The number of unbranched alkanes of at least 4 members (excludes halogenated alkanes) is 3. The Morgan fingerprint density at radius 2 is 1.42 bits per heavy atom. The quantitative estimate of drug-likeness (QED) is 0.145. The summed E-state index contributed by atoms with van der Waals surface area (Å²) in [7, 11) is 1.57. The number of ketones is 1. The van der Waals surface area contributed by atoms with E-state index in [1.54, 1.807) is 7.11 Å². The number of rotatable bonds is 17. The van der Waals surface area contributed by atoms with E-state index in [-0.39, 0.29) is 30.4 Å². The standard InChI is InChI=1S/C15H26NO4.3C4H9.Sn/c1-7-11(2)13(9-8-12(17)10-19-6)16-14(18)20-15(3,4)5;3*1-3-4-2;/h8,11,13H,7,10H2,1-6H3,(H,16,18);3*1,3-4H2,2H3;/t11?,13-;;;;/m1..../s1. The maximum absolute atomic E-state index is 12.9. The molecule has 1 N–H and O–H groups in total. The van der Waals surface area contributed by atoms with Gasteiger partial charge in [0.25, 0.3) is 0 Å². The molecule has 0 aromatic heterocycles. The molecule has 0 fully saturated rings. The second-order valence-electron chi connectivity index (χ2n) is 10.6. The van der Waals surface area contributed by atoms with Crippen LogP contribution in [0, 0.1) is 5.92 Å². The molecule has 0 saturated heterocycles. The summed E-state index contributed by atoms with van der Waals surface area (Å²) >= 11 is -3.01. The third-order valence-corrected chi connectivity index (χ3v) is 22.5. The van der Waals surface area contributed by atoms with E-state index < -0.39 is 24.0 Å². The van der Waals surface area contributed by atoms with E-state index in [4.69, 9.17) is 9.47 Å².